The summed E-state index contributed by atoms with van der Waals surface area (Å²) in [6.45, 7) is 8.37. The van der Waals surface area contributed by atoms with Gasteiger partial charge in [0.05, 0.1) is 0 Å². The van der Waals surface area contributed by atoms with Gasteiger partial charge in [-0.25, -0.2) is 4.79 Å². The highest BCUT2D eigenvalue weighted by atomic mass is 16.4. The molecule has 18 heavy (non-hydrogen) atoms. The standard InChI is InChI=1S/C16H20O2/c1-9-7-10(2)12(4)16(11(9)3)14(8-15(17)18)13-5-6-13/h7-8,13H,5-6H2,1-4H3,(H,17,18)/b14-8+. The molecule has 1 aromatic carbocycles. The second-order valence-corrected chi connectivity index (χ2v) is 5.35. The summed E-state index contributed by atoms with van der Waals surface area (Å²) in [5.41, 5.74) is 7.10. The predicted octanol–water partition coefficient (Wildman–Crippen LogP) is 3.80. The zero-order valence-electron chi connectivity index (χ0n) is 11.5. The maximum absolute atomic E-state index is 11.0. The van der Waals surface area contributed by atoms with Gasteiger partial charge < -0.3 is 5.11 Å². The molecule has 2 rings (SSSR count). The van der Waals surface area contributed by atoms with E-state index in [2.05, 4.69) is 33.8 Å². The second kappa shape index (κ2) is 4.60. The van der Waals surface area contributed by atoms with Crippen LogP contribution in [0.5, 0.6) is 0 Å². The summed E-state index contributed by atoms with van der Waals surface area (Å²) in [5.74, 6) is -0.394. The van der Waals surface area contributed by atoms with Gasteiger partial charge in [0.25, 0.3) is 0 Å². The number of hydrogen-bond acceptors (Lipinski definition) is 1. The third-order valence-electron chi connectivity index (χ3n) is 3.95. The van der Waals surface area contributed by atoms with Gasteiger partial charge in [-0.2, -0.15) is 0 Å². The van der Waals surface area contributed by atoms with Crippen LogP contribution >= 0.6 is 0 Å². The molecule has 2 nitrogen and oxygen atoms in total. The number of allylic oxidation sites excluding steroid dienone is 1. The first-order valence-electron chi connectivity index (χ1n) is 6.44. The lowest BCUT2D eigenvalue weighted by Gasteiger charge is -2.17. The molecule has 0 heterocycles. The molecule has 0 saturated heterocycles. The highest BCUT2D eigenvalue weighted by Gasteiger charge is 2.29. The van der Waals surface area contributed by atoms with Crippen molar-refractivity contribution in [2.75, 3.05) is 0 Å². The van der Waals surface area contributed by atoms with Crippen molar-refractivity contribution in [3.05, 3.63) is 40.0 Å². The number of carbonyl (C=O) groups is 1. The van der Waals surface area contributed by atoms with Crippen molar-refractivity contribution in [2.24, 2.45) is 5.92 Å². The number of carboxylic acid groups (broad SMARTS) is 1. The van der Waals surface area contributed by atoms with Crippen LogP contribution in [0.1, 0.15) is 40.7 Å². The minimum absolute atomic E-state index is 0.444. The van der Waals surface area contributed by atoms with E-state index in [1.54, 1.807) is 0 Å². The number of aliphatic carboxylic acids is 1. The van der Waals surface area contributed by atoms with Crippen LogP contribution in [0, 0.1) is 33.6 Å². The van der Waals surface area contributed by atoms with Crippen molar-refractivity contribution in [3.63, 3.8) is 0 Å². The molecule has 0 bridgehead atoms. The van der Waals surface area contributed by atoms with E-state index in [-0.39, 0.29) is 0 Å². The van der Waals surface area contributed by atoms with Crippen LogP contribution in [0.3, 0.4) is 0 Å². The Kier molecular flexibility index (Phi) is 3.29. The van der Waals surface area contributed by atoms with Gasteiger partial charge in [0.15, 0.2) is 0 Å². The molecule has 1 N–H and O–H groups in total. The number of carboxylic acids is 1. The Morgan fingerprint density at radius 1 is 1.17 bits per heavy atom. The van der Waals surface area contributed by atoms with Gasteiger partial charge in [-0.1, -0.05) is 6.07 Å². The average Bonchev–Trinajstić information content (AvgIpc) is 3.08. The van der Waals surface area contributed by atoms with E-state index in [4.69, 9.17) is 5.11 Å². The quantitative estimate of drug-likeness (QED) is 0.821. The molecule has 0 unspecified atom stereocenters. The van der Waals surface area contributed by atoms with Crippen molar-refractivity contribution >= 4 is 11.5 Å². The van der Waals surface area contributed by atoms with E-state index >= 15 is 0 Å². The van der Waals surface area contributed by atoms with Gasteiger partial charge in [0.1, 0.15) is 0 Å². The highest BCUT2D eigenvalue weighted by Crippen LogP contribution is 2.44. The molecular weight excluding hydrogens is 224 g/mol. The summed E-state index contributed by atoms with van der Waals surface area (Å²) in [6.07, 6.45) is 3.64. The SMILES string of the molecule is Cc1cc(C)c(C)c(/C(=C/C(=O)O)C2CC2)c1C. The monoisotopic (exact) mass is 244 g/mol. The van der Waals surface area contributed by atoms with Crippen LogP contribution < -0.4 is 0 Å². The molecule has 0 amide bonds. The van der Waals surface area contributed by atoms with Gasteiger partial charge in [-0.3, -0.25) is 0 Å². The Hall–Kier alpha value is -1.57. The van der Waals surface area contributed by atoms with E-state index in [0.29, 0.717) is 5.92 Å². The lowest BCUT2D eigenvalue weighted by atomic mass is 9.87. The highest BCUT2D eigenvalue weighted by molar-refractivity contribution is 5.92. The van der Waals surface area contributed by atoms with Gasteiger partial charge in [0.2, 0.25) is 0 Å². The van der Waals surface area contributed by atoms with Gasteiger partial charge in [0, 0.05) is 6.08 Å². The van der Waals surface area contributed by atoms with E-state index in [1.165, 1.54) is 28.3 Å². The molecule has 1 saturated carbocycles. The van der Waals surface area contributed by atoms with Gasteiger partial charge in [-0.05, 0) is 79.8 Å². The van der Waals surface area contributed by atoms with Crippen molar-refractivity contribution in [3.8, 4) is 0 Å². The first kappa shape index (κ1) is 12.9. The Morgan fingerprint density at radius 3 is 2.06 bits per heavy atom. The Morgan fingerprint density at radius 2 is 1.67 bits per heavy atom. The van der Waals surface area contributed by atoms with E-state index in [9.17, 15) is 4.79 Å². The molecule has 0 radical (unpaired) electrons. The maximum atomic E-state index is 11.0. The Labute approximate surface area is 108 Å². The molecular formula is C16H20O2. The van der Waals surface area contributed by atoms with Crippen LogP contribution in [0.25, 0.3) is 5.57 Å². The van der Waals surface area contributed by atoms with E-state index < -0.39 is 5.97 Å². The molecule has 96 valence electrons. The van der Waals surface area contributed by atoms with E-state index in [0.717, 1.165) is 24.0 Å². The second-order valence-electron chi connectivity index (χ2n) is 5.35. The number of aryl methyl sites for hydroxylation is 2. The van der Waals surface area contributed by atoms with Crippen LogP contribution in [0.2, 0.25) is 0 Å². The topological polar surface area (TPSA) is 37.3 Å². The van der Waals surface area contributed by atoms with Crippen LogP contribution in [0.4, 0.5) is 0 Å². The molecule has 2 heteroatoms. The Balaban J connectivity index is 2.64. The maximum Gasteiger partial charge on any atom is 0.328 e. The molecule has 1 fully saturated rings. The minimum atomic E-state index is -0.838. The molecule has 1 aromatic rings. The normalized spacial score (nSPS) is 15.9. The summed E-state index contributed by atoms with van der Waals surface area (Å²) < 4.78 is 0. The zero-order valence-corrected chi connectivity index (χ0v) is 11.5. The summed E-state index contributed by atoms with van der Waals surface area (Å²) in [5, 5.41) is 9.07. The molecule has 0 aliphatic heterocycles. The third-order valence-corrected chi connectivity index (χ3v) is 3.95. The number of benzene rings is 1. The van der Waals surface area contributed by atoms with Crippen molar-refractivity contribution in [1.29, 1.82) is 0 Å². The third kappa shape index (κ3) is 2.33. The lowest BCUT2D eigenvalue weighted by Crippen LogP contribution is -2.02. The summed E-state index contributed by atoms with van der Waals surface area (Å²) in [6, 6.07) is 2.18. The smallest absolute Gasteiger partial charge is 0.328 e. The van der Waals surface area contributed by atoms with Crippen molar-refractivity contribution in [1.82, 2.24) is 0 Å². The van der Waals surface area contributed by atoms with Crippen LogP contribution in [0.15, 0.2) is 12.1 Å². The first-order chi connectivity index (χ1) is 8.41. The average molecular weight is 244 g/mol. The molecule has 1 aliphatic carbocycles. The summed E-state index contributed by atoms with van der Waals surface area (Å²) in [7, 11) is 0. The molecule has 0 spiro atoms. The van der Waals surface area contributed by atoms with Gasteiger partial charge >= 0.3 is 5.97 Å². The number of rotatable bonds is 3. The molecule has 0 aromatic heterocycles. The van der Waals surface area contributed by atoms with Gasteiger partial charge in [-0.15, -0.1) is 0 Å². The predicted molar refractivity (Wildman–Crippen MR) is 73.7 cm³/mol. The van der Waals surface area contributed by atoms with E-state index in [1.807, 2.05) is 0 Å². The Bertz CT molecular complexity index is 508. The fourth-order valence-electron chi connectivity index (χ4n) is 2.57. The van der Waals surface area contributed by atoms with Crippen LogP contribution in [-0.2, 0) is 4.79 Å². The molecule has 1 aliphatic rings. The first-order valence-corrected chi connectivity index (χ1v) is 6.44. The largest absolute Gasteiger partial charge is 0.478 e. The zero-order chi connectivity index (χ0) is 13.4. The molecule has 0 atom stereocenters. The minimum Gasteiger partial charge on any atom is -0.478 e. The van der Waals surface area contributed by atoms with Crippen molar-refractivity contribution in [2.45, 2.75) is 40.5 Å². The summed E-state index contributed by atoms with van der Waals surface area (Å²) in [4.78, 5) is 11.0. The fourth-order valence-corrected chi connectivity index (χ4v) is 2.57. The lowest BCUT2D eigenvalue weighted by molar-refractivity contribution is -0.131. The summed E-state index contributed by atoms with van der Waals surface area (Å²) >= 11 is 0. The van der Waals surface area contributed by atoms with Crippen molar-refractivity contribution < 1.29 is 9.90 Å². The number of hydrogen-bond donors (Lipinski definition) is 1. The fraction of sp³-hybridized carbons (Fsp3) is 0.438. The van der Waals surface area contributed by atoms with Crippen LogP contribution in [-0.4, -0.2) is 11.1 Å².